The summed E-state index contributed by atoms with van der Waals surface area (Å²) in [7, 11) is 1.71. The molecule has 4 heteroatoms. The highest BCUT2D eigenvalue weighted by Gasteiger charge is 2.15. The molecule has 0 aromatic heterocycles. The molecule has 3 nitrogen and oxygen atoms in total. The maximum atomic E-state index is 6.04. The summed E-state index contributed by atoms with van der Waals surface area (Å²) in [5.41, 5.74) is 7.47. The Labute approximate surface area is 118 Å². The molecule has 0 amide bonds. The van der Waals surface area contributed by atoms with Gasteiger partial charge in [0.15, 0.2) is 0 Å². The minimum Gasteiger partial charge on any atom is -0.343 e. The van der Waals surface area contributed by atoms with Crippen molar-refractivity contribution >= 4 is 21.8 Å². The lowest BCUT2D eigenvalue weighted by Gasteiger charge is -2.20. The quantitative estimate of drug-likeness (QED) is 0.450. The standard InChI is InChI=1S/C14H22BrN3/c1-9(2)13(16)14(17-6)18-12(5)10(3)7-8-11(4)15/h7-9,13H,3-5,16H2,1-2,6H3,(H,17,18)/b8-7-. The maximum absolute atomic E-state index is 6.04. The van der Waals surface area contributed by atoms with Gasteiger partial charge in [-0.1, -0.05) is 55.6 Å². The van der Waals surface area contributed by atoms with Crippen LogP contribution in [0, 0.1) is 5.92 Å². The average molecular weight is 312 g/mol. The van der Waals surface area contributed by atoms with Crippen LogP contribution in [0.1, 0.15) is 13.8 Å². The normalized spacial score (nSPS) is 13.8. The van der Waals surface area contributed by atoms with Crippen LogP contribution in [0.2, 0.25) is 0 Å². The molecule has 0 aliphatic rings. The second kappa shape index (κ2) is 8.06. The Bertz CT molecular complexity index is 392. The molecular weight excluding hydrogens is 290 g/mol. The van der Waals surface area contributed by atoms with Crippen molar-refractivity contribution in [2.45, 2.75) is 19.9 Å². The molecule has 0 aromatic carbocycles. The molecule has 0 saturated carbocycles. The zero-order valence-electron chi connectivity index (χ0n) is 11.3. The van der Waals surface area contributed by atoms with Crippen LogP contribution >= 0.6 is 15.9 Å². The number of nitrogens with one attached hydrogen (secondary N) is 1. The number of hydrogen-bond donors (Lipinski definition) is 2. The SMILES string of the molecule is C=C(Br)/C=C\C(=C)C(=C)NC(=NC)C(N)C(C)C. The van der Waals surface area contributed by atoms with E-state index in [1.165, 1.54) is 0 Å². The summed E-state index contributed by atoms with van der Waals surface area (Å²) in [5, 5.41) is 3.11. The summed E-state index contributed by atoms with van der Waals surface area (Å²) >= 11 is 3.24. The van der Waals surface area contributed by atoms with Gasteiger partial charge in [0, 0.05) is 17.2 Å². The van der Waals surface area contributed by atoms with Gasteiger partial charge in [-0.05, 0) is 17.6 Å². The molecular formula is C14H22BrN3. The number of hydrogen-bond acceptors (Lipinski definition) is 2. The lowest BCUT2D eigenvalue weighted by molar-refractivity contribution is 0.585. The van der Waals surface area contributed by atoms with Crippen molar-refractivity contribution in [3.8, 4) is 0 Å². The predicted octanol–water partition coefficient (Wildman–Crippen LogP) is 3.12. The van der Waals surface area contributed by atoms with E-state index in [1.54, 1.807) is 13.1 Å². The zero-order chi connectivity index (χ0) is 14.3. The van der Waals surface area contributed by atoms with E-state index in [1.807, 2.05) is 19.9 Å². The number of rotatable bonds is 6. The molecule has 3 N–H and O–H groups in total. The van der Waals surface area contributed by atoms with Gasteiger partial charge in [0.25, 0.3) is 0 Å². The van der Waals surface area contributed by atoms with Crippen LogP contribution in [0.3, 0.4) is 0 Å². The maximum Gasteiger partial charge on any atom is 0.118 e. The molecule has 0 aliphatic carbocycles. The molecule has 0 rings (SSSR count). The number of amidine groups is 1. The Morgan fingerprint density at radius 3 is 2.22 bits per heavy atom. The van der Waals surface area contributed by atoms with Crippen LogP contribution < -0.4 is 11.1 Å². The molecule has 0 fully saturated rings. The van der Waals surface area contributed by atoms with E-state index in [-0.39, 0.29) is 6.04 Å². The van der Waals surface area contributed by atoms with Gasteiger partial charge >= 0.3 is 0 Å². The second-order valence-corrected chi connectivity index (χ2v) is 5.31. The van der Waals surface area contributed by atoms with Gasteiger partial charge in [0.2, 0.25) is 0 Å². The summed E-state index contributed by atoms with van der Waals surface area (Å²) < 4.78 is 0.778. The van der Waals surface area contributed by atoms with Gasteiger partial charge in [-0.25, -0.2) is 0 Å². The number of allylic oxidation sites excluding steroid dienone is 3. The Balaban J connectivity index is 4.65. The minimum absolute atomic E-state index is 0.144. The molecule has 1 atom stereocenters. The van der Waals surface area contributed by atoms with Crippen molar-refractivity contribution in [2.75, 3.05) is 7.05 Å². The lowest BCUT2D eigenvalue weighted by atomic mass is 10.0. The summed E-state index contributed by atoms with van der Waals surface area (Å²) in [6, 6.07) is -0.144. The van der Waals surface area contributed by atoms with Crippen molar-refractivity contribution in [2.24, 2.45) is 16.6 Å². The van der Waals surface area contributed by atoms with Crippen LogP contribution in [0.15, 0.2) is 52.6 Å². The summed E-state index contributed by atoms with van der Waals surface area (Å²) in [5.74, 6) is 1.01. The Morgan fingerprint density at radius 2 is 1.83 bits per heavy atom. The molecule has 18 heavy (non-hydrogen) atoms. The van der Waals surface area contributed by atoms with E-state index in [4.69, 9.17) is 5.73 Å². The average Bonchev–Trinajstić information content (AvgIpc) is 2.31. The molecule has 0 aliphatic heterocycles. The first-order valence-corrected chi connectivity index (χ1v) is 6.48. The Kier molecular flexibility index (Phi) is 7.55. The smallest absolute Gasteiger partial charge is 0.118 e. The Hall–Kier alpha value is -1.13. The van der Waals surface area contributed by atoms with Crippen LogP contribution in [0.25, 0.3) is 0 Å². The van der Waals surface area contributed by atoms with E-state index >= 15 is 0 Å². The molecule has 0 saturated heterocycles. The molecule has 1 unspecified atom stereocenters. The minimum atomic E-state index is -0.144. The molecule has 0 spiro atoms. The highest BCUT2D eigenvalue weighted by Crippen LogP contribution is 2.10. The first-order chi connectivity index (χ1) is 8.29. The third kappa shape index (κ3) is 5.98. The van der Waals surface area contributed by atoms with Gasteiger partial charge in [0.1, 0.15) is 5.84 Å². The van der Waals surface area contributed by atoms with E-state index in [2.05, 4.69) is 46.0 Å². The van der Waals surface area contributed by atoms with Gasteiger partial charge in [0.05, 0.1) is 6.04 Å². The number of nitrogens with zero attached hydrogens (tertiary/aromatic N) is 1. The number of aliphatic imine (C=N–C) groups is 1. The Morgan fingerprint density at radius 1 is 1.28 bits per heavy atom. The fourth-order valence-electron chi connectivity index (χ4n) is 1.13. The zero-order valence-corrected chi connectivity index (χ0v) is 12.9. The summed E-state index contributed by atoms with van der Waals surface area (Å²) in [6.07, 6.45) is 3.63. The monoisotopic (exact) mass is 311 g/mol. The van der Waals surface area contributed by atoms with Crippen molar-refractivity contribution in [3.05, 3.63) is 47.6 Å². The molecule has 100 valence electrons. The summed E-state index contributed by atoms with van der Waals surface area (Å²) in [6.45, 7) is 15.6. The van der Waals surface area contributed by atoms with E-state index in [0.29, 0.717) is 17.5 Å². The van der Waals surface area contributed by atoms with Crippen molar-refractivity contribution in [1.29, 1.82) is 0 Å². The van der Waals surface area contributed by atoms with Crippen LogP contribution in [-0.4, -0.2) is 18.9 Å². The second-order valence-electron chi connectivity index (χ2n) is 4.29. The predicted molar refractivity (Wildman–Crippen MR) is 84.8 cm³/mol. The fraction of sp³-hybridized carbons (Fsp3) is 0.357. The molecule has 0 bridgehead atoms. The number of nitrogens with two attached hydrogens (primary N) is 1. The number of halogens is 1. The van der Waals surface area contributed by atoms with E-state index in [0.717, 1.165) is 10.1 Å². The third-order valence-electron chi connectivity index (χ3n) is 2.41. The largest absolute Gasteiger partial charge is 0.343 e. The third-order valence-corrected chi connectivity index (χ3v) is 2.67. The van der Waals surface area contributed by atoms with Gasteiger partial charge in [-0.3, -0.25) is 4.99 Å². The van der Waals surface area contributed by atoms with Crippen LogP contribution in [-0.2, 0) is 0 Å². The first kappa shape index (κ1) is 16.9. The lowest BCUT2D eigenvalue weighted by Crippen LogP contribution is -2.43. The molecule has 0 radical (unpaired) electrons. The van der Waals surface area contributed by atoms with Crippen molar-refractivity contribution in [3.63, 3.8) is 0 Å². The first-order valence-electron chi connectivity index (χ1n) is 5.69. The molecule has 0 aromatic rings. The fourth-order valence-corrected chi connectivity index (χ4v) is 1.26. The van der Waals surface area contributed by atoms with Crippen LogP contribution in [0.4, 0.5) is 0 Å². The summed E-state index contributed by atoms with van der Waals surface area (Å²) in [4.78, 5) is 4.15. The van der Waals surface area contributed by atoms with Crippen molar-refractivity contribution in [1.82, 2.24) is 5.32 Å². The highest BCUT2D eigenvalue weighted by molar-refractivity contribution is 9.11. The topological polar surface area (TPSA) is 50.4 Å². The van der Waals surface area contributed by atoms with Gasteiger partial charge in [-0.15, -0.1) is 0 Å². The highest BCUT2D eigenvalue weighted by atomic mass is 79.9. The molecule has 0 heterocycles. The van der Waals surface area contributed by atoms with Gasteiger partial charge < -0.3 is 11.1 Å². The van der Waals surface area contributed by atoms with E-state index < -0.39 is 0 Å². The van der Waals surface area contributed by atoms with Crippen molar-refractivity contribution < 1.29 is 0 Å². The van der Waals surface area contributed by atoms with Gasteiger partial charge in [-0.2, -0.15) is 0 Å². The van der Waals surface area contributed by atoms with E-state index in [9.17, 15) is 0 Å². The van der Waals surface area contributed by atoms with Crippen LogP contribution in [0.5, 0.6) is 0 Å².